The number of aromatic nitrogens is 1. The Labute approximate surface area is 106 Å². The summed E-state index contributed by atoms with van der Waals surface area (Å²) in [6.45, 7) is 5.48. The molecule has 1 N–H and O–H groups in total. The van der Waals surface area contributed by atoms with Crippen LogP contribution in [-0.2, 0) is 4.74 Å². The molecule has 1 amide bonds. The number of nitrogens with one attached hydrogen (secondary N) is 1. The summed E-state index contributed by atoms with van der Waals surface area (Å²) in [5, 5.41) is 3.72. The lowest BCUT2D eigenvalue weighted by atomic mass is 10.2. The van der Waals surface area contributed by atoms with Crippen molar-refractivity contribution in [1.29, 1.82) is 0 Å². The average Bonchev–Trinajstić information content (AvgIpc) is 2.26. The van der Waals surface area contributed by atoms with Gasteiger partial charge in [-0.1, -0.05) is 12.1 Å². The molecule has 4 heteroatoms. The van der Waals surface area contributed by atoms with E-state index in [9.17, 15) is 4.79 Å². The topological polar surface area (TPSA) is 51.2 Å². The lowest BCUT2D eigenvalue weighted by Gasteiger charge is -2.19. The molecule has 0 bridgehead atoms. The van der Waals surface area contributed by atoms with Crippen LogP contribution in [0.4, 0.5) is 10.5 Å². The Hall–Kier alpha value is -2.10. The van der Waals surface area contributed by atoms with E-state index in [-0.39, 0.29) is 0 Å². The van der Waals surface area contributed by atoms with Crippen molar-refractivity contribution < 1.29 is 9.53 Å². The highest BCUT2D eigenvalue weighted by molar-refractivity contribution is 5.89. The Morgan fingerprint density at radius 3 is 2.78 bits per heavy atom. The number of benzene rings is 1. The van der Waals surface area contributed by atoms with Gasteiger partial charge in [0.1, 0.15) is 5.60 Å². The van der Waals surface area contributed by atoms with Crippen LogP contribution in [0.5, 0.6) is 0 Å². The van der Waals surface area contributed by atoms with E-state index in [1.54, 1.807) is 6.20 Å². The first kappa shape index (κ1) is 12.4. The molecule has 18 heavy (non-hydrogen) atoms. The SMILES string of the molecule is CC(C)(C)OC(=O)Nc1ccc2cccnc2c1. The van der Waals surface area contributed by atoms with Crippen LogP contribution in [0.2, 0.25) is 0 Å². The molecule has 1 aromatic carbocycles. The molecule has 0 fully saturated rings. The number of pyridine rings is 1. The van der Waals surface area contributed by atoms with Gasteiger partial charge in [0, 0.05) is 17.3 Å². The third-order valence-electron chi connectivity index (χ3n) is 2.25. The van der Waals surface area contributed by atoms with Crippen LogP contribution in [0.3, 0.4) is 0 Å². The van der Waals surface area contributed by atoms with Crippen molar-refractivity contribution in [2.75, 3.05) is 5.32 Å². The van der Waals surface area contributed by atoms with E-state index in [2.05, 4.69) is 10.3 Å². The average molecular weight is 244 g/mol. The Morgan fingerprint density at radius 2 is 2.06 bits per heavy atom. The number of carbonyl (C=O) groups is 1. The Morgan fingerprint density at radius 1 is 1.28 bits per heavy atom. The quantitative estimate of drug-likeness (QED) is 0.834. The minimum atomic E-state index is -0.501. The zero-order valence-corrected chi connectivity index (χ0v) is 10.7. The van der Waals surface area contributed by atoms with Gasteiger partial charge < -0.3 is 4.74 Å². The van der Waals surface area contributed by atoms with Crippen molar-refractivity contribution in [2.24, 2.45) is 0 Å². The van der Waals surface area contributed by atoms with Crippen LogP contribution >= 0.6 is 0 Å². The van der Waals surface area contributed by atoms with Crippen LogP contribution in [-0.4, -0.2) is 16.7 Å². The number of carbonyl (C=O) groups excluding carboxylic acids is 1. The number of amides is 1. The van der Waals surface area contributed by atoms with Crippen LogP contribution < -0.4 is 5.32 Å². The third-order valence-corrected chi connectivity index (χ3v) is 2.25. The van der Waals surface area contributed by atoms with Gasteiger partial charge in [-0.05, 0) is 39.0 Å². The number of anilines is 1. The van der Waals surface area contributed by atoms with E-state index in [1.807, 2.05) is 51.1 Å². The van der Waals surface area contributed by atoms with Crippen molar-refractivity contribution in [1.82, 2.24) is 4.98 Å². The van der Waals surface area contributed by atoms with Gasteiger partial charge in [-0.25, -0.2) is 4.79 Å². The summed E-state index contributed by atoms with van der Waals surface area (Å²) in [4.78, 5) is 15.8. The van der Waals surface area contributed by atoms with Crippen molar-refractivity contribution in [2.45, 2.75) is 26.4 Å². The second-order valence-corrected chi connectivity index (χ2v) is 5.04. The van der Waals surface area contributed by atoms with Crippen molar-refractivity contribution >= 4 is 22.7 Å². The lowest BCUT2D eigenvalue weighted by Crippen LogP contribution is -2.27. The zero-order chi connectivity index (χ0) is 13.2. The first-order valence-electron chi connectivity index (χ1n) is 5.79. The number of rotatable bonds is 1. The van der Waals surface area contributed by atoms with Gasteiger partial charge in [0.2, 0.25) is 0 Å². The minimum absolute atomic E-state index is 0.460. The van der Waals surface area contributed by atoms with Gasteiger partial charge in [0.25, 0.3) is 0 Å². The Bertz CT molecular complexity index is 573. The maximum atomic E-state index is 11.6. The fourth-order valence-corrected chi connectivity index (χ4v) is 1.57. The normalized spacial score (nSPS) is 11.3. The van der Waals surface area contributed by atoms with E-state index < -0.39 is 11.7 Å². The molecule has 1 aromatic heterocycles. The Kier molecular flexibility index (Phi) is 3.19. The first-order chi connectivity index (χ1) is 8.44. The van der Waals surface area contributed by atoms with Crippen LogP contribution in [0.15, 0.2) is 36.5 Å². The molecule has 0 aliphatic heterocycles. The van der Waals surface area contributed by atoms with Gasteiger partial charge >= 0.3 is 6.09 Å². The van der Waals surface area contributed by atoms with E-state index in [0.717, 1.165) is 10.9 Å². The minimum Gasteiger partial charge on any atom is -0.444 e. The smallest absolute Gasteiger partial charge is 0.412 e. The molecule has 0 aliphatic rings. The summed E-state index contributed by atoms with van der Waals surface area (Å²) in [6, 6.07) is 9.41. The molecule has 0 radical (unpaired) electrons. The molecule has 94 valence electrons. The maximum Gasteiger partial charge on any atom is 0.412 e. The third kappa shape index (κ3) is 3.20. The molecule has 0 saturated heterocycles. The summed E-state index contributed by atoms with van der Waals surface area (Å²) in [5.41, 5.74) is 1.01. The molecule has 0 saturated carbocycles. The molecule has 2 rings (SSSR count). The predicted molar refractivity (Wildman–Crippen MR) is 71.6 cm³/mol. The van der Waals surface area contributed by atoms with Gasteiger partial charge in [0.05, 0.1) is 5.52 Å². The van der Waals surface area contributed by atoms with E-state index in [4.69, 9.17) is 4.74 Å². The second kappa shape index (κ2) is 4.64. The number of hydrogen-bond acceptors (Lipinski definition) is 3. The van der Waals surface area contributed by atoms with E-state index in [1.165, 1.54) is 0 Å². The van der Waals surface area contributed by atoms with E-state index >= 15 is 0 Å². The summed E-state index contributed by atoms with van der Waals surface area (Å²) in [5.74, 6) is 0. The lowest BCUT2D eigenvalue weighted by molar-refractivity contribution is 0.0636. The molecular weight excluding hydrogens is 228 g/mol. The monoisotopic (exact) mass is 244 g/mol. The molecule has 0 spiro atoms. The van der Waals surface area contributed by atoms with Crippen molar-refractivity contribution in [3.05, 3.63) is 36.5 Å². The molecule has 1 heterocycles. The van der Waals surface area contributed by atoms with Crippen LogP contribution in [0.1, 0.15) is 20.8 Å². The van der Waals surface area contributed by atoms with Crippen LogP contribution in [0, 0.1) is 0 Å². The predicted octanol–water partition coefficient (Wildman–Crippen LogP) is 3.58. The molecule has 0 unspecified atom stereocenters. The molecule has 0 atom stereocenters. The molecule has 0 aliphatic carbocycles. The zero-order valence-electron chi connectivity index (χ0n) is 10.7. The summed E-state index contributed by atoms with van der Waals surface area (Å²) < 4.78 is 5.18. The number of ether oxygens (including phenoxy) is 1. The number of nitrogens with zero attached hydrogens (tertiary/aromatic N) is 1. The fourth-order valence-electron chi connectivity index (χ4n) is 1.57. The Balaban J connectivity index is 2.15. The highest BCUT2D eigenvalue weighted by Crippen LogP contribution is 2.17. The van der Waals surface area contributed by atoms with Gasteiger partial charge in [-0.15, -0.1) is 0 Å². The van der Waals surface area contributed by atoms with Crippen molar-refractivity contribution in [3.8, 4) is 0 Å². The first-order valence-corrected chi connectivity index (χ1v) is 5.79. The molecule has 2 aromatic rings. The van der Waals surface area contributed by atoms with E-state index in [0.29, 0.717) is 5.69 Å². The molecular formula is C14H16N2O2. The fraction of sp³-hybridized carbons (Fsp3) is 0.286. The highest BCUT2D eigenvalue weighted by atomic mass is 16.6. The maximum absolute atomic E-state index is 11.6. The second-order valence-electron chi connectivity index (χ2n) is 5.04. The summed E-state index contributed by atoms with van der Waals surface area (Å²) >= 11 is 0. The van der Waals surface area contributed by atoms with Crippen LogP contribution in [0.25, 0.3) is 10.9 Å². The number of hydrogen-bond donors (Lipinski definition) is 1. The summed E-state index contributed by atoms with van der Waals surface area (Å²) in [7, 11) is 0. The van der Waals surface area contributed by atoms with Gasteiger partial charge in [0.15, 0.2) is 0 Å². The number of fused-ring (bicyclic) bond motifs is 1. The van der Waals surface area contributed by atoms with Crippen molar-refractivity contribution in [3.63, 3.8) is 0 Å². The van der Waals surface area contributed by atoms with Gasteiger partial charge in [-0.2, -0.15) is 0 Å². The standard InChI is InChI=1S/C14H16N2O2/c1-14(2,3)18-13(17)16-11-7-6-10-5-4-8-15-12(10)9-11/h4-9H,1-3H3,(H,16,17). The molecule has 4 nitrogen and oxygen atoms in total. The summed E-state index contributed by atoms with van der Waals surface area (Å²) in [6.07, 6.45) is 1.26. The largest absolute Gasteiger partial charge is 0.444 e. The van der Waals surface area contributed by atoms with Gasteiger partial charge in [-0.3, -0.25) is 10.3 Å². The highest BCUT2D eigenvalue weighted by Gasteiger charge is 2.16.